The molecule has 29 heavy (non-hydrogen) atoms. The van der Waals surface area contributed by atoms with Crippen molar-refractivity contribution in [3.63, 3.8) is 0 Å². The monoisotopic (exact) mass is 448 g/mol. The van der Waals surface area contributed by atoms with Gasteiger partial charge in [-0.3, -0.25) is 4.79 Å². The van der Waals surface area contributed by atoms with Gasteiger partial charge in [-0.15, -0.1) is 0 Å². The molecule has 0 unspecified atom stereocenters. The Morgan fingerprint density at radius 2 is 1.66 bits per heavy atom. The lowest BCUT2D eigenvalue weighted by atomic mass is 9.88. The number of carbonyl (C=O) groups is 1. The molecule has 4 rings (SSSR count). The summed E-state index contributed by atoms with van der Waals surface area (Å²) in [6.07, 6.45) is 0.854. The molecule has 3 aromatic carbocycles. The van der Waals surface area contributed by atoms with E-state index in [0.717, 1.165) is 27.8 Å². The Morgan fingerprint density at radius 3 is 2.38 bits per heavy atom. The zero-order chi connectivity index (χ0) is 20.5. The Morgan fingerprint density at radius 1 is 0.966 bits per heavy atom. The van der Waals surface area contributed by atoms with Crippen molar-refractivity contribution >= 4 is 33.2 Å². The Hall–Kier alpha value is -2.59. The third-order valence-electron chi connectivity index (χ3n) is 5.69. The highest BCUT2D eigenvalue weighted by Crippen LogP contribution is 2.41. The van der Waals surface area contributed by atoms with Gasteiger partial charge in [0.05, 0.1) is 11.7 Å². The number of aryl methyl sites for hydroxylation is 2. The Labute approximate surface area is 180 Å². The van der Waals surface area contributed by atoms with Crippen LogP contribution in [0.3, 0.4) is 0 Å². The minimum absolute atomic E-state index is 0.0508. The molecule has 4 heteroatoms. The van der Waals surface area contributed by atoms with Gasteiger partial charge in [0.25, 0.3) is 5.91 Å². The number of nitrogens with zero attached hydrogens (tertiary/aromatic N) is 1. The number of halogens is 1. The molecule has 148 valence electrons. The van der Waals surface area contributed by atoms with Gasteiger partial charge in [-0.25, -0.2) is 0 Å². The van der Waals surface area contributed by atoms with E-state index in [-0.39, 0.29) is 18.0 Å². The molecule has 1 amide bonds. The molecule has 0 saturated heterocycles. The van der Waals surface area contributed by atoms with Gasteiger partial charge in [-0.2, -0.15) is 0 Å². The van der Waals surface area contributed by atoms with E-state index in [0.29, 0.717) is 5.56 Å². The summed E-state index contributed by atoms with van der Waals surface area (Å²) in [5.41, 5.74) is 6.41. The van der Waals surface area contributed by atoms with Crippen LogP contribution < -0.4 is 10.2 Å². The molecule has 3 nitrogen and oxygen atoms in total. The van der Waals surface area contributed by atoms with Crippen LogP contribution in [0.15, 0.2) is 71.2 Å². The van der Waals surface area contributed by atoms with Gasteiger partial charge < -0.3 is 10.2 Å². The van der Waals surface area contributed by atoms with E-state index in [4.69, 9.17) is 0 Å². The van der Waals surface area contributed by atoms with Crippen LogP contribution in [0.4, 0.5) is 11.4 Å². The van der Waals surface area contributed by atoms with E-state index < -0.39 is 0 Å². The first-order valence-electron chi connectivity index (χ1n) is 9.96. The highest BCUT2D eigenvalue weighted by Gasteiger charge is 2.35. The van der Waals surface area contributed by atoms with E-state index in [1.54, 1.807) is 0 Å². The minimum Gasteiger partial charge on any atom is -0.378 e. The van der Waals surface area contributed by atoms with Crippen molar-refractivity contribution in [3.8, 4) is 0 Å². The van der Waals surface area contributed by atoms with E-state index in [1.807, 2.05) is 29.2 Å². The Balaban J connectivity index is 1.74. The molecule has 1 heterocycles. The second-order valence-corrected chi connectivity index (χ2v) is 8.71. The number of fused-ring (bicyclic) bond motifs is 1. The molecular weight excluding hydrogens is 424 g/mol. The minimum atomic E-state index is 0.0508. The summed E-state index contributed by atoms with van der Waals surface area (Å²) in [6, 6.07) is 22.5. The van der Waals surface area contributed by atoms with Gasteiger partial charge in [0.15, 0.2) is 0 Å². The fourth-order valence-corrected chi connectivity index (χ4v) is 4.44. The lowest BCUT2D eigenvalue weighted by Crippen LogP contribution is -2.44. The Bertz CT molecular complexity index is 1040. The van der Waals surface area contributed by atoms with Crippen LogP contribution in [0.1, 0.15) is 46.4 Å². The largest absolute Gasteiger partial charge is 0.378 e. The third-order valence-corrected chi connectivity index (χ3v) is 6.22. The number of benzene rings is 3. The van der Waals surface area contributed by atoms with Crippen LogP contribution in [0, 0.1) is 13.8 Å². The highest BCUT2D eigenvalue weighted by molar-refractivity contribution is 9.10. The summed E-state index contributed by atoms with van der Waals surface area (Å²) in [6.45, 7) is 6.34. The number of hydrogen-bond donors (Lipinski definition) is 1. The fourth-order valence-electron chi connectivity index (χ4n) is 4.18. The number of para-hydroxylation sites is 2. The van der Waals surface area contributed by atoms with Gasteiger partial charge >= 0.3 is 0 Å². The lowest BCUT2D eigenvalue weighted by Gasteiger charge is -2.41. The predicted molar refractivity (Wildman–Crippen MR) is 124 cm³/mol. The number of anilines is 2. The maximum absolute atomic E-state index is 13.4. The quantitative estimate of drug-likeness (QED) is 0.485. The normalized spacial score (nSPS) is 18.3. The van der Waals surface area contributed by atoms with Crippen molar-refractivity contribution in [1.82, 2.24) is 0 Å². The molecule has 0 spiro atoms. The molecule has 1 aliphatic heterocycles. The molecule has 1 N–H and O–H groups in total. The average Bonchev–Trinajstić information content (AvgIpc) is 2.70. The summed E-state index contributed by atoms with van der Waals surface area (Å²) < 4.78 is 0.972. The zero-order valence-electron chi connectivity index (χ0n) is 16.9. The first-order chi connectivity index (χ1) is 14.0. The molecule has 2 atom stereocenters. The van der Waals surface area contributed by atoms with Crippen LogP contribution in [-0.4, -0.2) is 11.9 Å². The first-order valence-corrected chi connectivity index (χ1v) is 10.8. The molecule has 0 saturated carbocycles. The van der Waals surface area contributed by atoms with Crippen molar-refractivity contribution in [2.45, 2.75) is 39.3 Å². The number of amides is 1. The summed E-state index contributed by atoms with van der Waals surface area (Å²) in [5.74, 6) is 0.0508. The van der Waals surface area contributed by atoms with Crippen LogP contribution in [0.2, 0.25) is 0 Å². The number of rotatable bonds is 3. The lowest BCUT2D eigenvalue weighted by molar-refractivity contribution is 0.0974. The molecule has 0 fully saturated rings. The zero-order valence-corrected chi connectivity index (χ0v) is 18.5. The highest BCUT2D eigenvalue weighted by atomic mass is 79.9. The summed E-state index contributed by atoms with van der Waals surface area (Å²) in [4.78, 5) is 15.4. The summed E-state index contributed by atoms with van der Waals surface area (Å²) in [7, 11) is 0. The summed E-state index contributed by atoms with van der Waals surface area (Å²) >= 11 is 3.45. The molecule has 3 aromatic rings. The van der Waals surface area contributed by atoms with E-state index >= 15 is 0 Å². The van der Waals surface area contributed by atoms with Gasteiger partial charge in [0.2, 0.25) is 0 Å². The van der Waals surface area contributed by atoms with Gasteiger partial charge in [-0.1, -0.05) is 52.3 Å². The molecule has 0 aromatic heterocycles. The SMILES string of the molecule is Cc1ccccc1N[C@@H]1C[C@H](C)N(C(=O)c2ccc(Br)cc2)c2c(C)cccc21. The smallest absolute Gasteiger partial charge is 0.258 e. The maximum atomic E-state index is 13.4. The number of nitrogens with one attached hydrogen (secondary N) is 1. The van der Waals surface area contributed by atoms with E-state index in [9.17, 15) is 4.79 Å². The van der Waals surface area contributed by atoms with Crippen LogP contribution in [-0.2, 0) is 0 Å². The van der Waals surface area contributed by atoms with Gasteiger partial charge in [-0.05, 0) is 74.2 Å². The van der Waals surface area contributed by atoms with Gasteiger partial charge in [0, 0.05) is 21.8 Å². The molecule has 0 aliphatic carbocycles. The standard InChI is InChI=1S/C25H25BrN2O/c1-16-7-4-5-10-22(16)27-23-15-18(3)28(24-17(2)8-6-9-21(23)24)25(29)19-11-13-20(26)14-12-19/h4-14,18,23,27H,15H2,1-3H3/t18-,23+/m0/s1. The molecule has 1 aliphatic rings. The van der Waals surface area contributed by atoms with Gasteiger partial charge in [0.1, 0.15) is 0 Å². The summed E-state index contributed by atoms with van der Waals surface area (Å²) in [5, 5.41) is 3.73. The number of hydrogen-bond acceptors (Lipinski definition) is 2. The molecule has 0 radical (unpaired) electrons. The van der Waals surface area contributed by atoms with Crippen molar-refractivity contribution < 1.29 is 4.79 Å². The first kappa shape index (κ1) is 19.7. The fraction of sp³-hybridized carbons (Fsp3) is 0.240. The molecule has 0 bridgehead atoms. The number of carbonyl (C=O) groups excluding carboxylic acids is 1. The van der Waals surface area contributed by atoms with Crippen LogP contribution in [0.25, 0.3) is 0 Å². The van der Waals surface area contributed by atoms with E-state index in [2.05, 4.69) is 84.5 Å². The van der Waals surface area contributed by atoms with Crippen molar-refractivity contribution in [1.29, 1.82) is 0 Å². The van der Waals surface area contributed by atoms with Crippen LogP contribution >= 0.6 is 15.9 Å². The third kappa shape index (κ3) is 3.82. The molecular formula is C25H25BrN2O. The Kier molecular flexibility index (Phi) is 5.46. The van der Waals surface area contributed by atoms with Crippen molar-refractivity contribution in [3.05, 3.63) is 93.5 Å². The van der Waals surface area contributed by atoms with Crippen LogP contribution in [0.5, 0.6) is 0 Å². The van der Waals surface area contributed by atoms with E-state index in [1.165, 1.54) is 11.1 Å². The predicted octanol–water partition coefficient (Wildman–Crippen LogP) is 6.66. The second kappa shape index (κ2) is 8.03. The maximum Gasteiger partial charge on any atom is 0.258 e. The van der Waals surface area contributed by atoms with Crippen molar-refractivity contribution in [2.75, 3.05) is 10.2 Å². The topological polar surface area (TPSA) is 32.3 Å². The van der Waals surface area contributed by atoms with Crippen molar-refractivity contribution in [2.24, 2.45) is 0 Å². The second-order valence-electron chi connectivity index (χ2n) is 7.79. The average molecular weight is 449 g/mol.